The highest BCUT2D eigenvalue weighted by Gasteiger charge is 2.19. The van der Waals surface area contributed by atoms with Gasteiger partial charge in [-0.25, -0.2) is 0 Å². The molecule has 0 fully saturated rings. The molecule has 0 aromatic carbocycles. The van der Waals surface area contributed by atoms with Gasteiger partial charge in [-0.15, -0.1) is 0 Å². The van der Waals surface area contributed by atoms with E-state index in [2.05, 4.69) is 93.7 Å². The minimum absolute atomic E-state index is 0.104. The predicted molar refractivity (Wildman–Crippen MR) is 284 cm³/mol. The fraction of sp³-hybridized carbons (Fsp3) is 0.717. The SMILES string of the molecule is CC/C=C\C/C=C\C/C=C\C/C=C\CCC(=O)OC(COC(=O)CCCCCCCCCC)COC(=O)CCCCCCCCCCCCCC/C=C\C/C=C\C/C=C\CCCCCCC. The summed E-state index contributed by atoms with van der Waals surface area (Å²) in [4.78, 5) is 37.8. The third-order valence-corrected chi connectivity index (χ3v) is 11.6. The zero-order valence-electron chi connectivity index (χ0n) is 43.2. The van der Waals surface area contributed by atoms with Crippen molar-refractivity contribution < 1.29 is 28.6 Å². The molecule has 378 valence electrons. The van der Waals surface area contributed by atoms with E-state index in [1.165, 1.54) is 135 Å². The second-order valence-electron chi connectivity index (χ2n) is 18.1. The average molecular weight is 919 g/mol. The normalized spacial score (nSPS) is 12.7. The Bertz CT molecular complexity index is 1290. The maximum Gasteiger partial charge on any atom is 0.306 e. The van der Waals surface area contributed by atoms with Crippen LogP contribution < -0.4 is 0 Å². The zero-order valence-corrected chi connectivity index (χ0v) is 43.2. The van der Waals surface area contributed by atoms with Gasteiger partial charge < -0.3 is 14.2 Å². The number of hydrogen-bond donors (Lipinski definition) is 0. The van der Waals surface area contributed by atoms with Crippen molar-refractivity contribution in [1.82, 2.24) is 0 Å². The van der Waals surface area contributed by atoms with Crippen molar-refractivity contribution in [3.8, 4) is 0 Å². The molecule has 0 rings (SSSR count). The lowest BCUT2D eigenvalue weighted by atomic mass is 10.0. The first-order chi connectivity index (χ1) is 32.5. The maximum absolute atomic E-state index is 12.7. The second-order valence-corrected chi connectivity index (χ2v) is 18.1. The maximum atomic E-state index is 12.7. The molecule has 0 bridgehead atoms. The third kappa shape index (κ3) is 51.6. The van der Waals surface area contributed by atoms with Gasteiger partial charge in [0, 0.05) is 19.3 Å². The number of esters is 3. The molecule has 6 heteroatoms. The molecule has 0 aliphatic rings. The number of rotatable bonds is 49. The van der Waals surface area contributed by atoms with E-state index in [0.717, 1.165) is 77.0 Å². The summed E-state index contributed by atoms with van der Waals surface area (Å²) in [6.45, 7) is 6.42. The number of hydrogen-bond acceptors (Lipinski definition) is 6. The molecule has 0 aliphatic heterocycles. The molecule has 1 atom stereocenters. The Morgan fingerprint density at radius 1 is 0.318 bits per heavy atom. The monoisotopic (exact) mass is 919 g/mol. The molecule has 0 heterocycles. The van der Waals surface area contributed by atoms with Crippen LogP contribution in [0.5, 0.6) is 0 Å². The van der Waals surface area contributed by atoms with Gasteiger partial charge in [-0.05, 0) is 83.5 Å². The molecule has 0 amide bonds. The van der Waals surface area contributed by atoms with E-state index >= 15 is 0 Å². The van der Waals surface area contributed by atoms with Crippen molar-refractivity contribution in [3.05, 3.63) is 85.1 Å². The van der Waals surface area contributed by atoms with Crippen molar-refractivity contribution in [2.75, 3.05) is 13.2 Å². The third-order valence-electron chi connectivity index (χ3n) is 11.6. The molecule has 0 saturated carbocycles. The van der Waals surface area contributed by atoms with Gasteiger partial charge in [-0.1, -0.05) is 241 Å². The van der Waals surface area contributed by atoms with Gasteiger partial charge >= 0.3 is 17.9 Å². The van der Waals surface area contributed by atoms with Crippen LogP contribution >= 0.6 is 0 Å². The van der Waals surface area contributed by atoms with Crippen LogP contribution in [0.4, 0.5) is 0 Å². The highest BCUT2D eigenvalue weighted by molar-refractivity contribution is 5.71. The van der Waals surface area contributed by atoms with Crippen molar-refractivity contribution in [2.24, 2.45) is 0 Å². The predicted octanol–water partition coefficient (Wildman–Crippen LogP) is 18.4. The molecule has 0 aromatic rings. The summed E-state index contributed by atoms with van der Waals surface area (Å²) in [5.74, 6) is -0.992. The molecule has 0 spiro atoms. The molecule has 6 nitrogen and oxygen atoms in total. The van der Waals surface area contributed by atoms with Crippen LogP contribution in [0.1, 0.15) is 258 Å². The molecule has 0 radical (unpaired) electrons. The fourth-order valence-corrected chi connectivity index (χ4v) is 7.52. The van der Waals surface area contributed by atoms with Crippen LogP contribution in [-0.4, -0.2) is 37.2 Å². The topological polar surface area (TPSA) is 78.9 Å². The molecule has 0 N–H and O–H groups in total. The largest absolute Gasteiger partial charge is 0.462 e. The van der Waals surface area contributed by atoms with E-state index in [0.29, 0.717) is 19.3 Å². The first-order valence-corrected chi connectivity index (χ1v) is 27.6. The number of carbonyl (C=O) groups excluding carboxylic acids is 3. The van der Waals surface area contributed by atoms with E-state index < -0.39 is 12.1 Å². The minimum Gasteiger partial charge on any atom is -0.462 e. The molecule has 0 aromatic heterocycles. The van der Waals surface area contributed by atoms with Crippen LogP contribution in [0.3, 0.4) is 0 Å². The first-order valence-electron chi connectivity index (χ1n) is 27.6. The van der Waals surface area contributed by atoms with Crippen molar-refractivity contribution in [1.29, 1.82) is 0 Å². The highest BCUT2D eigenvalue weighted by Crippen LogP contribution is 2.15. The molecular formula is C60H102O6. The van der Waals surface area contributed by atoms with Crippen molar-refractivity contribution >= 4 is 17.9 Å². The standard InChI is InChI=1S/C60H102O6/c1-4-7-10-13-16-19-21-23-24-25-26-27-28-29-30-31-32-33-34-35-36-38-39-41-44-47-50-53-59(62)65-56-57(55-64-58(61)52-49-46-43-18-15-12-9-6-3)66-60(63)54-51-48-45-42-40-37-22-20-17-14-11-8-5-2/h8,11,17,20-21,23,25-26,28-29,37,40,45,48,57H,4-7,9-10,12-16,18-19,22,24,27,30-36,38-39,41-44,46-47,49-56H2,1-3H3/b11-8-,20-17-,23-21-,26-25-,29-28-,40-37-,48-45-. The van der Waals surface area contributed by atoms with Gasteiger partial charge in [0.25, 0.3) is 0 Å². The average Bonchev–Trinajstić information content (AvgIpc) is 3.31. The van der Waals surface area contributed by atoms with Gasteiger partial charge in [0.2, 0.25) is 0 Å². The minimum atomic E-state index is -0.812. The zero-order chi connectivity index (χ0) is 47.9. The smallest absolute Gasteiger partial charge is 0.306 e. The van der Waals surface area contributed by atoms with Gasteiger partial charge in [-0.2, -0.15) is 0 Å². The molecule has 1 unspecified atom stereocenters. The quantitative estimate of drug-likeness (QED) is 0.0262. The summed E-state index contributed by atoms with van der Waals surface area (Å²) in [5, 5.41) is 0. The van der Waals surface area contributed by atoms with Crippen LogP contribution in [0.25, 0.3) is 0 Å². The van der Waals surface area contributed by atoms with Gasteiger partial charge in [-0.3, -0.25) is 14.4 Å². The summed E-state index contributed by atoms with van der Waals surface area (Å²) in [7, 11) is 0. The van der Waals surface area contributed by atoms with Crippen molar-refractivity contribution in [3.63, 3.8) is 0 Å². The molecule has 0 saturated heterocycles. The number of unbranched alkanes of at least 4 members (excludes halogenated alkanes) is 24. The van der Waals surface area contributed by atoms with E-state index in [1.54, 1.807) is 0 Å². The van der Waals surface area contributed by atoms with Gasteiger partial charge in [0.15, 0.2) is 6.10 Å². The summed E-state index contributed by atoms with van der Waals surface area (Å²) in [6, 6.07) is 0. The van der Waals surface area contributed by atoms with Crippen LogP contribution in [-0.2, 0) is 28.6 Å². The van der Waals surface area contributed by atoms with E-state index in [1.807, 2.05) is 12.2 Å². The summed E-state index contributed by atoms with van der Waals surface area (Å²) < 4.78 is 16.7. The van der Waals surface area contributed by atoms with E-state index in [9.17, 15) is 14.4 Å². The summed E-state index contributed by atoms with van der Waals surface area (Å²) in [6.07, 6.45) is 70.4. The Labute approximate surface area is 407 Å². The van der Waals surface area contributed by atoms with Crippen molar-refractivity contribution in [2.45, 2.75) is 264 Å². The first kappa shape index (κ1) is 62.6. The summed E-state index contributed by atoms with van der Waals surface area (Å²) in [5.41, 5.74) is 0. The number of carbonyl (C=O) groups is 3. The number of ether oxygens (including phenoxy) is 3. The summed E-state index contributed by atoms with van der Waals surface area (Å²) >= 11 is 0. The van der Waals surface area contributed by atoms with Gasteiger partial charge in [0.1, 0.15) is 13.2 Å². The lowest BCUT2D eigenvalue weighted by Gasteiger charge is -2.18. The highest BCUT2D eigenvalue weighted by atomic mass is 16.6. The van der Waals surface area contributed by atoms with E-state index in [4.69, 9.17) is 14.2 Å². The second kappa shape index (κ2) is 54.2. The Balaban J connectivity index is 4.20. The molecular weight excluding hydrogens is 817 g/mol. The molecule has 66 heavy (non-hydrogen) atoms. The van der Waals surface area contributed by atoms with Crippen LogP contribution in [0, 0.1) is 0 Å². The molecule has 0 aliphatic carbocycles. The van der Waals surface area contributed by atoms with Crippen LogP contribution in [0.2, 0.25) is 0 Å². The van der Waals surface area contributed by atoms with Gasteiger partial charge in [0.05, 0.1) is 0 Å². The van der Waals surface area contributed by atoms with Crippen LogP contribution in [0.15, 0.2) is 85.1 Å². The van der Waals surface area contributed by atoms with E-state index in [-0.39, 0.29) is 31.6 Å². The Kier molecular flexibility index (Phi) is 51.4. The Hall–Kier alpha value is -3.41. The Morgan fingerprint density at radius 3 is 0.985 bits per heavy atom. The number of allylic oxidation sites excluding steroid dienone is 14. The lowest BCUT2D eigenvalue weighted by molar-refractivity contribution is -0.166. The Morgan fingerprint density at radius 2 is 0.621 bits per heavy atom. The lowest BCUT2D eigenvalue weighted by Crippen LogP contribution is -2.30. The fourth-order valence-electron chi connectivity index (χ4n) is 7.52.